The number of nitrogens with zero attached hydrogens (tertiary/aromatic N) is 2. The van der Waals surface area contributed by atoms with Crippen LogP contribution in [-0.4, -0.2) is 27.4 Å². The van der Waals surface area contributed by atoms with Crippen LogP contribution in [0.15, 0.2) is 30.5 Å². The van der Waals surface area contributed by atoms with E-state index >= 15 is 0 Å². The zero-order valence-electron chi connectivity index (χ0n) is 10.0. The molecule has 6 heteroatoms. The molecule has 1 atom stereocenters. The number of carboxylic acids is 1. The lowest BCUT2D eigenvalue weighted by Gasteiger charge is -2.21. The largest absolute Gasteiger partial charge is 0.481 e. The third kappa shape index (κ3) is 2.00. The van der Waals surface area contributed by atoms with Gasteiger partial charge in [0.25, 0.3) is 0 Å². The number of aromatic nitrogens is 2. The van der Waals surface area contributed by atoms with Crippen molar-refractivity contribution < 1.29 is 14.3 Å². The standard InChI is InChI=1S/C13H12FN3O2/c14-8-1-3-9(4-2-8)17-12-7-15-5-11(13(18)19)10(12)6-16-17/h1-4,6,11,15H,5,7H2,(H,18,19). The van der Waals surface area contributed by atoms with Gasteiger partial charge in [0.1, 0.15) is 5.82 Å². The highest BCUT2D eigenvalue weighted by atomic mass is 19.1. The van der Waals surface area contributed by atoms with Gasteiger partial charge in [0.2, 0.25) is 0 Å². The Morgan fingerprint density at radius 1 is 1.42 bits per heavy atom. The number of fused-ring (bicyclic) bond motifs is 1. The molecule has 0 amide bonds. The molecule has 98 valence electrons. The summed E-state index contributed by atoms with van der Waals surface area (Å²) in [5, 5.41) is 16.5. The number of carboxylic acid groups (broad SMARTS) is 1. The van der Waals surface area contributed by atoms with Crippen LogP contribution in [0.25, 0.3) is 5.69 Å². The summed E-state index contributed by atoms with van der Waals surface area (Å²) in [5.41, 5.74) is 2.25. The van der Waals surface area contributed by atoms with Crippen LogP contribution >= 0.6 is 0 Å². The Bertz CT molecular complexity index is 621. The van der Waals surface area contributed by atoms with E-state index in [1.165, 1.54) is 12.1 Å². The van der Waals surface area contributed by atoms with E-state index in [1.807, 2.05) is 0 Å². The van der Waals surface area contributed by atoms with Crippen molar-refractivity contribution in [2.24, 2.45) is 0 Å². The Morgan fingerprint density at radius 3 is 2.84 bits per heavy atom. The number of hydrogen-bond acceptors (Lipinski definition) is 3. The summed E-state index contributed by atoms with van der Waals surface area (Å²) in [6.45, 7) is 0.952. The molecule has 0 saturated carbocycles. The van der Waals surface area contributed by atoms with Gasteiger partial charge in [-0.1, -0.05) is 0 Å². The van der Waals surface area contributed by atoms with Crippen molar-refractivity contribution in [2.45, 2.75) is 12.5 Å². The van der Waals surface area contributed by atoms with Crippen LogP contribution in [0, 0.1) is 5.82 Å². The molecule has 0 radical (unpaired) electrons. The van der Waals surface area contributed by atoms with Crippen molar-refractivity contribution in [3.05, 3.63) is 47.5 Å². The van der Waals surface area contributed by atoms with E-state index in [1.54, 1.807) is 23.0 Å². The fourth-order valence-electron chi connectivity index (χ4n) is 2.32. The van der Waals surface area contributed by atoms with Gasteiger partial charge in [0, 0.05) is 18.7 Å². The molecular weight excluding hydrogens is 249 g/mol. The van der Waals surface area contributed by atoms with Crippen LogP contribution in [-0.2, 0) is 11.3 Å². The van der Waals surface area contributed by atoms with Gasteiger partial charge in [0.15, 0.2) is 0 Å². The molecule has 1 aliphatic heterocycles. The molecule has 3 rings (SSSR count). The average Bonchev–Trinajstić information content (AvgIpc) is 2.83. The minimum Gasteiger partial charge on any atom is -0.481 e. The van der Waals surface area contributed by atoms with E-state index < -0.39 is 11.9 Å². The Balaban J connectivity index is 2.05. The van der Waals surface area contributed by atoms with E-state index in [0.29, 0.717) is 13.1 Å². The first-order valence-electron chi connectivity index (χ1n) is 5.93. The molecule has 2 heterocycles. The maximum Gasteiger partial charge on any atom is 0.312 e. The first kappa shape index (κ1) is 11.9. The summed E-state index contributed by atoms with van der Waals surface area (Å²) in [5.74, 6) is -1.77. The molecule has 1 aliphatic rings. The summed E-state index contributed by atoms with van der Waals surface area (Å²) in [4.78, 5) is 11.2. The number of nitrogens with one attached hydrogen (secondary N) is 1. The van der Waals surface area contributed by atoms with Crippen LogP contribution in [0.3, 0.4) is 0 Å². The van der Waals surface area contributed by atoms with E-state index in [-0.39, 0.29) is 5.82 Å². The number of hydrogen-bond donors (Lipinski definition) is 2. The number of aliphatic carboxylic acids is 1. The minimum atomic E-state index is -0.868. The van der Waals surface area contributed by atoms with Crippen molar-refractivity contribution in [2.75, 3.05) is 6.54 Å². The topological polar surface area (TPSA) is 67.2 Å². The molecule has 0 saturated heterocycles. The van der Waals surface area contributed by atoms with Gasteiger partial charge in [-0.05, 0) is 24.3 Å². The molecule has 1 aromatic heterocycles. The molecule has 0 fully saturated rings. The average molecular weight is 261 g/mol. The number of rotatable bonds is 2. The van der Waals surface area contributed by atoms with E-state index in [9.17, 15) is 14.3 Å². The van der Waals surface area contributed by atoms with Gasteiger partial charge in [-0.2, -0.15) is 5.10 Å². The smallest absolute Gasteiger partial charge is 0.312 e. The number of halogens is 1. The maximum atomic E-state index is 12.9. The third-order valence-corrected chi connectivity index (χ3v) is 3.29. The highest BCUT2D eigenvalue weighted by Gasteiger charge is 2.29. The van der Waals surface area contributed by atoms with Crippen molar-refractivity contribution in [3.8, 4) is 5.69 Å². The highest BCUT2D eigenvalue weighted by molar-refractivity contribution is 5.77. The van der Waals surface area contributed by atoms with Gasteiger partial charge in [-0.25, -0.2) is 9.07 Å². The Labute approximate surface area is 108 Å². The number of benzene rings is 1. The second-order valence-electron chi connectivity index (χ2n) is 4.46. The fourth-order valence-corrected chi connectivity index (χ4v) is 2.32. The van der Waals surface area contributed by atoms with Crippen LogP contribution in [0.1, 0.15) is 17.2 Å². The molecule has 1 aromatic carbocycles. The lowest BCUT2D eigenvalue weighted by Crippen LogP contribution is -2.33. The third-order valence-electron chi connectivity index (χ3n) is 3.29. The molecule has 2 aromatic rings. The fraction of sp³-hybridized carbons (Fsp3) is 0.231. The lowest BCUT2D eigenvalue weighted by molar-refractivity contribution is -0.138. The molecule has 0 aliphatic carbocycles. The second kappa shape index (κ2) is 4.47. The monoisotopic (exact) mass is 261 g/mol. The number of carbonyl (C=O) groups is 1. The predicted molar refractivity (Wildman–Crippen MR) is 65.6 cm³/mol. The Kier molecular flexibility index (Phi) is 2.79. The van der Waals surface area contributed by atoms with E-state index in [0.717, 1.165) is 16.9 Å². The molecule has 2 N–H and O–H groups in total. The van der Waals surface area contributed by atoms with Gasteiger partial charge in [-0.3, -0.25) is 4.79 Å². The summed E-state index contributed by atoms with van der Waals surface area (Å²) < 4.78 is 14.6. The Morgan fingerprint density at radius 2 is 2.16 bits per heavy atom. The lowest BCUT2D eigenvalue weighted by atomic mass is 9.96. The van der Waals surface area contributed by atoms with Gasteiger partial charge in [-0.15, -0.1) is 0 Å². The molecule has 0 spiro atoms. The van der Waals surface area contributed by atoms with Crippen molar-refractivity contribution in [1.29, 1.82) is 0 Å². The van der Waals surface area contributed by atoms with Crippen molar-refractivity contribution in [3.63, 3.8) is 0 Å². The summed E-state index contributed by atoms with van der Waals surface area (Å²) in [6, 6.07) is 5.95. The van der Waals surface area contributed by atoms with Gasteiger partial charge < -0.3 is 10.4 Å². The molecule has 5 nitrogen and oxygen atoms in total. The molecule has 0 bridgehead atoms. The van der Waals surface area contributed by atoms with E-state index in [4.69, 9.17) is 0 Å². The summed E-state index contributed by atoms with van der Waals surface area (Å²) in [6.07, 6.45) is 1.58. The predicted octanol–water partition coefficient (Wildman–Crippen LogP) is 1.28. The first-order valence-corrected chi connectivity index (χ1v) is 5.93. The SMILES string of the molecule is O=C(O)C1CNCc2c1cnn2-c1ccc(F)cc1. The molecular formula is C13H12FN3O2. The zero-order valence-corrected chi connectivity index (χ0v) is 10.0. The molecule has 19 heavy (non-hydrogen) atoms. The quantitative estimate of drug-likeness (QED) is 0.854. The minimum absolute atomic E-state index is 0.314. The van der Waals surface area contributed by atoms with E-state index in [2.05, 4.69) is 10.4 Å². The van der Waals surface area contributed by atoms with Crippen molar-refractivity contribution in [1.82, 2.24) is 15.1 Å². The van der Waals surface area contributed by atoms with Crippen molar-refractivity contribution >= 4 is 5.97 Å². The van der Waals surface area contributed by atoms with Crippen LogP contribution in [0.4, 0.5) is 4.39 Å². The van der Waals surface area contributed by atoms with Crippen LogP contribution in [0.5, 0.6) is 0 Å². The molecule has 1 unspecified atom stereocenters. The van der Waals surface area contributed by atoms with Crippen LogP contribution < -0.4 is 5.32 Å². The second-order valence-corrected chi connectivity index (χ2v) is 4.46. The maximum absolute atomic E-state index is 12.9. The summed E-state index contributed by atoms with van der Waals surface area (Å²) >= 11 is 0. The van der Waals surface area contributed by atoms with Gasteiger partial charge >= 0.3 is 5.97 Å². The Hall–Kier alpha value is -2.21. The normalized spacial score (nSPS) is 18.1. The summed E-state index contributed by atoms with van der Waals surface area (Å²) in [7, 11) is 0. The zero-order chi connectivity index (χ0) is 13.4. The van der Waals surface area contributed by atoms with Crippen LogP contribution in [0.2, 0.25) is 0 Å². The van der Waals surface area contributed by atoms with Gasteiger partial charge in [0.05, 0.1) is 23.5 Å². The first-order chi connectivity index (χ1) is 9.16. The highest BCUT2D eigenvalue weighted by Crippen LogP contribution is 2.26.